The Labute approximate surface area is 235 Å². The van der Waals surface area contributed by atoms with Gasteiger partial charge in [0.2, 0.25) is 10.0 Å². The van der Waals surface area contributed by atoms with Crippen molar-refractivity contribution in [1.29, 1.82) is 0 Å². The first-order valence-electron chi connectivity index (χ1n) is 12.2. The number of oxazole rings is 1. The van der Waals surface area contributed by atoms with Gasteiger partial charge in [0.05, 0.1) is 13.7 Å². The number of likely N-dealkylation sites (tertiary alicyclic amines) is 1. The molecule has 0 aliphatic carbocycles. The first-order chi connectivity index (χ1) is 18.4. The molecule has 3 aromatic rings. The quantitative estimate of drug-likeness (QED) is 0.321. The number of hydrogen-bond donors (Lipinski definition) is 1. The molecule has 2 heterocycles. The van der Waals surface area contributed by atoms with Gasteiger partial charge in [0, 0.05) is 18.0 Å². The van der Waals surface area contributed by atoms with Gasteiger partial charge < -0.3 is 18.8 Å². The monoisotopic (exact) mass is 607 g/mol. The molecule has 0 radical (unpaired) electrons. The lowest BCUT2D eigenvalue weighted by Crippen LogP contribution is -2.34. The van der Waals surface area contributed by atoms with E-state index in [9.17, 15) is 26.0 Å². The first kappa shape index (κ1) is 31.8. The molecule has 0 saturated carbocycles. The Hall–Kier alpha value is -2.71. The van der Waals surface area contributed by atoms with Crippen molar-refractivity contribution in [3.05, 3.63) is 65.4 Å². The Morgan fingerprint density at radius 2 is 1.80 bits per heavy atom. The van der Waals surface area contributed by atoms with Gasteiger partial charge in [-0.1, -0.05) is 6.07 Å². The minimum absolute atomic E-state index is 0. The van der Waals surface area contributed by atoms with Crippen molar-refractivity contribution in [2.24, 2.45) is 5.14 Å². The zero-order valence-electron chi connectivity index (χ0n) is 21.6. The smallest absolute Gasteiger partial charge is 0.411 e. The second-order valence-corrected chi connectivity index (χ2v) is 10.9. The third kappa shape index (κ3) is 8.40. The molecule has 1 aromatic heterocycles. The molecular formula is C26H30ClF4N3O5S. The van der Waals surface area contributed by atoms with E-state index in [4.69, 9.17) is 19.0 Å². The van der Waals surface area contributed by atoms with Crippen LogP contribution >= 0.6 is 12.4 Å². The fraction of sp³-hybridized carbons (Fsp3) is 0.423. The molecule has 0 bridgehead atoms. The number of aromatic nitrogens is 1. The summed E-state index contributed by atoms with van der Waals surface area (Å²) < 4.78 is 90.8. The van der Waals surface area contributed by atoms with Gasteiger partial charge in [0.1, 0.15) is 28.8 Å². The molecule has 2 aromatic carbocycles. The Kier molecular flexibility index (Phi) is 10.6. The molecule has 0 unspecified atom stereocenters. The third-order valence-electron chi connectivity index (χ3n) is 6.51. The van der Waals surface area contributed by atoms with Crippen LogP contribution in [0.4, 0.5) is 17.6 Å². The van der Waals surface area contributed by atoms with Gasteiger partial charge in [-0.05, 0) is 74.3 Å². The van der Waals surface area contributed by atoms with Crippen molar-refractivity contribution >= 4 is 22.4 Å². The summed E-state index contributed by atoms with van der Waals surface area (Å²) in [5.41, 5.74) is 1.53. The second-order valence-electron chi connectivity index (χ2n) is 9.34. The number of methoxy groups -OCH3 is 1. The molecule has 0 amide bonds. The van der Waals surface area contributed by atoms with Crippen LogP contribution in [0.3, 0.4) is 0 Å². The normalized spacial score (nSPS) is 15.2. The second kappa shape index (κ2) is 13.3. The molecule has 8 nitrogen and oxygen atoms in total. The SMILES string of the molecule is COc1ccc(CCN2CCC(c3nc(COCC(F)(F)F)c(-c4ccc(F)cc4)o3)CC2)cc1S(N)(=O)=O.Cl. The number of nitrogens with zero attached hydrogens (tertiary/aromatic N) is 2. The third-order valence-corrected chi connectivity index (χ3v) is 7.44. The molecule has 40 heavy (non-hydrogen) atoms. The van der Waals surface area contributed by atoms with Crippen LogP contribution < -0.4 is 9.88 Å². The first-order valence-corrected chi connectivity index (χ1v) is 13.8. The van der Waals surface area contributed by atoms with Crippen molar-refractivity contribution in [1.82, 2.24) is 9.88 Å². The highest BCUT2D eigenvalue weighted by atomic mass is 35.5. The van der Waals surface area contributed by atoms with Crippen molar-refractivity contribution in [3.63, 3.8) is 0 Å². The average molecular weight is 608 g/mol. The van der Waals surface area contributed by atoms with Gasteiger partial charge in [0.15, 0.2) is 11.7 Å². The lowest BCUT2D eigenvalue weighted by molar-refractivity contribution is -0.176. The number of sulfonamides is 1. The van der Waals surface area contributed by atoms with E-state index in [0.717, 1.165) is 18.7 Å². The Morgan fingerprint density at radius 3 is 2.40 bits per heavy atom. The van der Waals surface area contributed by atoms with Gasteiger partial charge >= 0.3 is 6.18 Å². The molecule has 1 aliphatic heterocycles. The number of piperidine rings is 1. The van der Waals surface area contributed by atoms with E-state index in [0.29, 0.717) is 37.3 Å². The maximum atomic E-state index is 13.4. The molecule has 1 fully saturated rings. The van der Waals surface area contributed by atoms with Crippen molar-refractivity contribution in [3.8, 4) is 17.1 Å². The maximum Gasteiger partial charge on any atom is 0.411 e. The number of hydrogen-bond acceptors (Lipinski definition) is 7. The number of benzene rings is 2. The lowest BCUT2D eigenvalue weighted by atomic mass is 9.96. The summed E-state index contributed by atoms with van der Waals surface area (Å²) in [6.07, 6.45) is -2.46. The van der Waals surface area contributed by atoms with E-state index in [2.05, 4.69) is 9.88 Å². The molecule has 14 heteroatoms. The minimum Gasteiger partial charge on any atom is -0.495 e. The standard InChI is InChI=1S/C26H29F4N3O5S.ClH/c1-36-22-7-2-17(14-23(22)39(31,34)35)8-11-33-12-9-19(10-13-33)25-32-21(15-37-16-26(28,29)30)24(38-25)18-3-5-20(27)6-4-18;/h2-7,14,19H,8-13,15-16H2,1H3,(H2,31,34,35);1H. The number of nitrogens with two attached hydrogens (primary N) is 1. The number of rotatable bonds is 10. The summed E-state index contributed by atoms with van der Waals surface area (Å²) in [7, 11) is -2.55. The molecule has 1 saturated heterocycles. The topological polar surface area (TPSA) is 108 Å². The molecule has 2 N–H and O–H groups in total. The highest BCUT2D eigenvalue weighted by molar-refractivity contribution is 7.89. The molecule has 0 spiro atoms. The summed E-state index contributed by atoms with van der Waals surface area (Å²) in [6.45, 7) is 0.320. The number of primary sulfonamides is 1. The van der Waals surface area contributed by atoms with Gasteiger partial charge in [-0.15, -0.1) is 12.4 Å². The Balaban J connectivity index is 0.00000441. The van der Waals surface area contributed by atoms with Crippen LogP contribution in [0.5, 0.6) is 5.75 Å². The summed E-state index contributed by atoms with van der Waals surface area (Å²) in [5.74, 6) is 0.367. The van der Waals surface area contributed by atoms with E-state index in [1.165, 1.54) is 37.4 Å². The van der Waals surface area contributed by atoms with E-state index in [1.54, 1.807) is 12.1 Å². The van der Waals surface area contributed by atoms with E-state index < -0.39 is 35.2 Å². The van der Waals surface area contributed by atoms with Crippen LogP contribution in [0.2, 0.25) is 0 Å². The fourth-order valence-electron chi connectivity index (χ4n) is 4.52. The van der Waals surface area contributed by atoms with Gasteiger partial charge in [0.25, 0.3) is 0 Å². The molecular weight excluding hydrogens is 578 g/mol. The Morgan fingerprint density at radius 1 is 1.12 bits per heavy atom. The molecule has 4 rings (SSSR count). The lowest BCUT2D eigenvalue weighted by Gasteiger charge is -2.30. The van der Waals surface area contributed by atoms with E-state index in [-0.39, 0.29) is 40.4 Å². The summed E-state index contributed by atoms with van der Waals surface area (Å²) in [5, 5.41) is 5.31. The van der Waals surface area contributed by atoms with Crippen LogP contribution in [-0.2, 0) is 27.8 Å². The van der Waals surface area contributed by atoms with E-state index in [1.807, 2.05) is 0 Å². The molecule has 0 atom stereocenters. The predicted molar refractivity (Wildman–Crippen MR) is 141 cm³/mol. The van der Waals surface area contributed by atoms with Crippen LogP contribution in [0.15, 0.2) is 51.8 Å². The van der Waals surface area contributed by atoms with Crippen LogP contribution in [0.1, 0.15) is 35.9 Å². The largest absolute Gasteiger partial charge is 0.495 e. The van der Waals surface area contributed by atoms with Gasteiger partial charge in [-0.3, -0.25) is 0 Å². The molecule has 220 valence electrons. The number of halogens is 5. The average Bonchev–Trinajstić information content (AvgIpc) is 3.31. The van der Waals surface area contributed by atoms with Crippen LogP contribution in [0.25, 0.3) is 11.3 Å². The number of ether oxygens (including phenoxy) is 2. The van der Waals surface area contributed by atoms with Crippen LogP contribution in [-0.4, -0.2) is 57.8 Å². The molecule has 1 aliphatic rings. The van der Waals surface area contributed by atoms with Gasteiger partial charge in [-0.25, -0.2) is 22.9 Å². The zero-order valence-corrected chi connectivity index (χ0v) is 23.3. The maximum absolute atomic E-state index is 13.4. The van der Waals surface area contributed by atoms with Crippen LogP contribution in [0, 0.1) is 5.82 Å². The van der Waals surface area contributed by atoms with Crippen molar-refractivity contribution in [2.45, 2.75) is 42.9 Å². The highest BCUT2D eigenvalue weighted by Crippen LogP contribution is 2.34. The predicted octanol–water partition coefficient (Wildman–Crippen LogP) is 5.06. The summed E-state index contributed by atoms with van der Waals surface area (Å²) in [4.78, 5) is 6.64. The fourth-order valence-corrected chi connectivity index (χ4v) is 5.27. The minimum atomic E-state index is -4.47. The van der Waals surface area contributed by atoms with Crippen molar-refractivity contribution < 1.29 is 39.9 Å². The van der Waals surface area contributed by atoms with E-state index >= 15 is 0 Å². The number of alkyl halides is 3. The Bertz CT molecular complexity index is 1380. The summed E-state index contributed by atoms with van der Waals surface area (Å²) in [6, 6.07) is 10.3. The summed E-state index contributed by atoms with van der Waals surface area (Å²) >= 11 is 0. The van der Waals surface area contributed by atoms with Gasteiger partial charge in [-0.2, -0.15) is 13.2 Å². The van der Waals surface area contributed by atoms with Crippen molar-refractivity contribution in [2.75, 3.05) is 33.4 Å². The highest BCUT2D eigenvalue weighted by Gasteiger charge is 2.30. The zero-order chi connectivity index (χ0) is 28.2.